The molecule has 0 aromatic carbocycles. The molecule has 1 fully saturated rings. The molecule has 120 valence electrons. The largest absolute Gasteiger partial charge is 0.361 e. The number of nitrogens with zero attached hydrogens (tertiary/aromatic N) is 1. The van der Waals surface area contributed by atoms with Crippen LogP contribution in [0.15, 0.2) is 4.52 Å². The molecule has 0 spiro atoms. The molecule has 5 nitrogen and oxygen atoms in total. The molecule has 0 bridgehead atoms. The van der Waals surface area contributed by atoms with Crippen LogP contribution >= 0.6 is 12.4 Å². The predicted octanol–water partition coefficient (Wildman–Crippen LogP) is 2.36. The quantitative estimate of drug-likeness (QED) is 0.875. The molecule has 2 rings (SSSR count). The third-order valence-corrected chi connectivity index (χ3v) is 4.34. The number of halogens is 1. The molecule has 6 heteroatoms. The van der Waals surface area contributed by atoms with E-state index < -0.39 is 0 Å². The number of rotatable bonds is 5. The fraction of sp³-hybridized carbons (Fsp3) is 0.733. The van der Waals surface area contributed by atoms with Gasteiger partial charge in [0.15, 0.2) is 0 Å². The van der Waals surface area contributed by atoms with Gasteiger partial charge in [-0.25, -0.2) is 0 Å². The molecule has 0 radical (unpaired) electrons. The third kappa shape index (κ3) is 5.00. The van der Waals surface area contributed by atoms with Gasteiger partial charge in [-0.1, -0.05) is 12.1 Å². The van der Waals surface area contributed by atoms with Gasteiger partial charge in [-0.05, 0) is 51.6 Å². The van der Waals surface area contributed by atoms with Crippen LogP contribution in [0, 0.1) is 25.7 Å². The van der Waals surface area contributed by atoms with Gasteiger partial charge in [0.2, 0.25) is 5.91 Å². The molecule has 1 aliphatic rings. The van der Waals surface area contributed by atoms with Crippen molar-refractivity contribution in [2.24, 2.45) is 11.8 Å². The van der Waals surface area contributed by atoms with E-state index in [2.05, 4.69) is 22.7 Å². The number of piperidine rings is 1. The van der Waals surface area contributed by atoms with Gasteiger partial charge < -0.3 is 15.2 Å². The van der Waals surface area contributed by atoms with Gasteiger partial charge in [0.25, 0.3) is 0 Å². The maximum atomic E-state index is 12.0. The Labute approximate surface area is 132 Å². The van der Waals surface area contributed by atoms with Crippen molar-refractivity contribution in [3.63, 3.8) is 0 Å². The fourth-order valence-corrected chi connectivity index (χ4v) is 2.89. The lowest BCUT2D eigenvalue weighted by molar-refractivity contribution is -0.122. The second kappa shape index (κ2) is 8.39. The number of amides is 1. The van der Waals surface area contributed by atoms with E-state index in [1.54, 1.807) is 0 Å². The number of aromatic nitrogens is 1. The van der Waals surface area contributed by atoms with Gasteiger partial charge in [-0.2, -0.15) is 0 Å². The van der Waals surface area contributed by atoms with Crippen molar-refractivity contribution in [3.05, 3.63) is 17.0 Å². The summed E-state index contributed by atoms with van der Waals surface area (Å²) in [5, 5.41) is 10.2. The lowest BCUT2D eigenvalue weighted by Gasteiger charge is -2.27. The van der Waals surface area contributed by atoms with E-state index in [9.17, 15) is 4.79 Å². The summed E-state index contributed by atoms with van der Waals surface area (Å²) in [6, 6.07) is 0. The van der Waals surface area contributed by atoms with E-state index in [-0.39, 0.29) is 18.3 Å². The van der Waals surface area contributed by atoms with E-state index >= 15 is 0 Å². The summed E-state index contributed by atoms with van der Waals surface area (Å²) in [6.07, 6.45) is 2.96. The van der Waals surface area contributed by atoms with Crippen molar-refractivity contribution in [2.75, 3.05) is 13.1 Å². The van der Waals surface area contributed by atoms with E-state index in [0.29, 0.717) is 24.8 Å². The van der Waals surface area contributed by atoms with Gasteiger partial charge in [-0.15, -0.1) is 12.4 Å². The van der Waals surface area contributed by atoms with Crippen LogP contribution in [0.3, 0.4) is 0 Å². The summed E-state index contributed by atoms with van der Waals surface area (Å²) in [6.45, 7) is 8.63. The van der Waals surface area contributed by atoms with Crippen molar-refractivity contribution >= 4 is 18.3 Å². The second-order valence-electron chi connectivity index (χ2n) is 5.85. The second-order valence-corrected chi connectivity index (χ2v) is 5.85. The highest BCUT2D eigenvalue weighted by molar-refractivity contribution is 5.85. The molecule has 0 saturated carbocycles. The average molecular weight is 316 g/mol. The zero-order valence-electron chi connectivity index (χ0n) is 13.1. The number of carbonyl (C=O) groups is 1. The number of aryl methyl sites for hydroxylation is 2. The fourth-order valence-electron chi connectivity index (χ4n) is 2.89. The van der Waals surface area contributed by atoms with Crippen LogP contribution in [0.2, 0.25) is 0 Å². The van der Waals surface area contributed by atoms with Crippen LogP contribution in [0.5, 0.6) is 0 Å². The van der Waals surface area contributed by atoms with E-state index in [1.165, 1.54) is 12.8 Å². The Morgan fingerprint density at radius 2 is 2.10 bits per heavy atom. The van der Waals surface area contributed by atoms with Crippen LogP contribution < -0.4 is 10.6 Å². The molecule has 1 amide bonds. The maximum Gasteiger partial charge on any atom is 0.220 e. The van der Waals surface area contributed by atoms with Crippen molar-refractivity contribution in [2.45, 2.75) is 46.6 Å². The summed E-state index contributed by atoms with van der Waals surface area (Å²) in [5.41, 5.74) is 1.85. The van der Waals surface area contributed by atoms with E-state index in [1.807, 2.05) is 13.8 Å². The molecule has 1 aromatic rings. The Morgan fingerprint density at radius 3 is 2.67 bits per heavy atom. The minimum absolute atomic E-state index is 0. The summed E-state index contributed by atoms with van der Waals surface area (Å²) in [7, 11) is 0. The van der Waals surface area contributed by atoms with Crippen LogP contribution in [-0.2, 0) is 11.3 Å². The molecule has 1 aromatic heterocycles. The molecule has 1 aliphatic heterocycles. The maximum absolute atomic E-state index is 12.0. The average Bonchev–Trinajstić information content (AvgIpc) is 2.77. The predicted molar refractivity (Wildman–Crippen MR) is 84.4 cm³/mol. The van der Waals surface area contributed by atoms with Crippen molar-refractivity contribution < 1.29 is 9.32 Å². The lowest BCUT2D eigenvalue weighted by atomic mass is 9.84. The van der Waals surface area contributed by atoms with Crippen LogP contribution in [0.25, 0.3) is 0 Å². The van der Waals surface area contributed by atoms with E-state index in [4.69, 9.17) is 4.52 Å². The first-order valence-electron chi connectivity index (χ1n) is 7.47. The molecule has 2 heterocycles. The first kappa shape index (κ1) is 18.0. The smallest absolute Gasteiger partial charge is 0.220 e. The zero-order valence-corrected chi connectivity index (χ0v) is 13.9. The standard InChI is InChI=1S/C15H25N3O2.ClH/c1-10(13-4-6-16-7-5-13)8-15(19)17-9-14-11(2)18-20-12(14)3;/h10,13,16H,4-9H2,1-3H3,(H,17,19);1H. The molecular formula is C15H26ClN3O2. The molecular weight excluding hydrogens is 290 g/mol. The first-order valence-corrected chi connectivity index (χ1v) is 7.47. The molecule has 0 aliphatic carbocycles. The van der Waals surface area contributed by atoms with Gasteiger partial charge >= 0.3 is 0 Å². The van der Waals surface area contributed by atoms with Gasteiger partial charge in [-0.3, -0.25) is 4.79 Å². The minimum atomic E-state index is 0. The topological polar surface area (TPSA) is 67.2 Å². The van der Waals surface area contributed by atoms with Crippen LogP contribution in [0.1, 0.15) is 43.2 Å². The Balaban J connectivity index is 0.00000220. The van der Waals surface area contributed by atoms with Crippen molar-refractivity contribution in [1.29, 1.82) is 0 Å². The number of carbonyl (C=O) groups excluding carboxylic acids is 1. The minimum Gasteiger partial charge on any atom is -0.361 e. The number of hydrogen-bond acceptors (Lipinski definition) is 4. The normalized spacial score (nSPS) is 17.1. The Kier molecular flexibility index (Phi) is 7.18. The summed E-state index contributed by atoms with van der Waals surface area (Å²) in [5.74, 6) is 2.02. The highest BCUT2D eigenvalue weighted by Crippen LogP contribution is 2.24. The van der Waals surface area contributed by atoms with Crippen molar-refractivity contribution in [1.82, 2.24) is 15.8 Å². The zero-order chi connectivity index (χ0) is 14.5. The number of hydrogen-bond donors (Lipinski definition) is 2. The molecule has 2 N–H and O–H groups in total. The summed E-state index contributed by atoms with van der Waals surface area (Å²) in [4.78, 5) is 12.0. The highest BCUT2D eigenvalue weighted by atomic mass is 35.5. The monoisotopic (exact) mass is 315 g/mol. The molecule has 1 unspecified atom stereocenters. The summed E-state index contributed by atoms with van der Waals surface area (Å²) < 4.78 is 5.10. The van der Waals surface area contributed by atoms with E-state index in [0.717, 1.165) is 30.1 Å². The Bertz CT molecular complexity index is 436. The summed E-state index contributed by atoms with van der Waals surface area (Å²) >= 11 is 0. The Hall–Kier alpha value is -1.07. The van der Waals surface area contributed by atoms with Gasteiger partial charge in [0.1, 0.15) is 5.76 Å². The van der Waals surface area contributed by atoms with Gasteiger partial charge in [0.05, 0.1) is 5.69 Å². The van der Waals surface area contributed by atoms with Crippen LogP contribution in [-0.4, -0.2) is 24.2 Å². The highest BCUT2D eigenvalue weighted by Gasteiger charge is 2.22. The molecule has 1 saturated heterocycles. The van der Waals surface area contributed by atoms with Gasteiger partial charge in [0, 0.05) is 18.5 Å². The van der Waals surface area contributed by atoms with Crippen LogP contribution in [0.4, 0.5) is 0 Å². The lowest BCUT2D eigenvalue weighted by Crippen LogP contribution is -2.33. The SMILES string of the molecule is Cc1noc(C)c1CNC(=O)CC(C)C1CCNCC1.Cl. The molecule has 21 heavy (non-hydrogen) atoms. The van der Waals surface area contributed by atoms with Crippen molar-refractivity contribution in [3.8, 4) is 0 Å². The first-order chi connectivity index (χ1) is 9.58. The third-order valence-electron chi connectivity index (χ3n) is 4.34. The Morgan fingerprint density at radius 1 is 1.43 bits per heavy atom. The number of nitrogens with one attached hydrogen (secondary N) is 2. The molecule has 1 atom stereocenters.